The minimum atomic E-state index is -0.442. The van der Waals surface area contributed by atoms with Gasteiger partial charge in [0.2, 0.25) is 0 Å². The third-order valence-corrected chi connectivity index (χ3v) is 4.26. The van der Waals surface area contributed by atoms with E-state index in [2.05, 4.69) is 0 Å². The Bertz CT molecular complexity index is 749. The third kappa shape index (κ3) is 3.83. The minimum Gasteiger partial charge on any atom is -0.488 e. The highest BCUT2D eigenvalue weighted by molar-refractivity contribution is 6.13. The van der Waals surface area contributed by atoms with E-state index in [1.54, 1.807) is 0 Å². The largest absolute Gasteiger partial charge is 0.488 e. The Morgan fingerprint density at radius 3 is 2.12 bits per heavy atom. The minimum absolute atomic E-state index is 0.275. The van der Waals surface area contributed by atoms with Crippen LogP contribution in [0.4, 0.5) is 0 Å². The molecule has 26 heavy (non-hydrogen) atoms. The molecule has 3 rings (SSSR count). The Hall–Kier alpha value is -2.14. The van der Waals surface area contributed by atoms with Crippen molar-refractivity contribution >= 4 is 11.8 Å². The summed E-state index contributed by atoms with van der Waals surface area (Å²) in [7, 11) is 0. The predicted octanol–water partition coefficient (Wildman–Crippen LogP) is 3.57. The van der Waals surface area contributed by atoms with Gasteiger partial charge < -0.3 is 9.47 Å². The maximum atomic E-state index is 12.3. The maximum absolute atomic E-state index is 12.3. The van der Waals surface area contributed by atoms with Crippen LogP contribution in [0.25, 0.3) is 0 Å². The zero-order valence-corrected chi connectivity index (χ0v) is 16.3. The Balaban J connectivity index is 2.01. The predicted molar refractivity (Wildman–Crippen MR) is 98.9 cm³/mol. The van der Waals surface area contributed by atoms with E-state index >= 15 is 0 Å². The molecule has 2 atom stereocenters. The van der Waals surface area contributed by atoms with Crippen LogP contribution in [-0.4, -0.2) is 34.0 Å². The quantitative estimate of drug-likeness (QED) is 0.776. The van der Waals surface area contributed by atoms with Gasteiger partial charge in [-0.15, -0.1) is 0 Å². The SMILES string of the molecule is CC(C)(C)Oc1ccc2c(c1)[C@H](N1C(=O)C=CC1=O)[C@@H](OC(C)(C)C)C2. The monoisotopic (exact) mass is 357 g/mol. The van der Waals surface area contributed by atoms with Gasteiger partial charge in [0.25, 0.3) is 11.8 Å². The average molecular weight is 357 g/mol. The molecule has 0 N–H and O–H groups in total. The molecule has 1 aliphatic carbocycles. The lowest BCUT2D eigenvalue weighted by atomic mass is 10.0. The lowest BCUT2D eigenvalue weighted by Crippen LogP contribution is -2.42. The number of rotatable bonds is 3. The lowest BCUT2D eigenvalue weighted by Gasteiger charge is -2.33. The van der Waals surface area contributed by atoms with Crippen LogP contribution in [0.2, 0.25) is 0 Å². The summed E-state index contributed by atoms with van der Waals surface area (Å²) in [6, 6.07) is 5.44. The summed E-state index contributed by atoms with van der Waals surface area (Å²) in [6.07, 6.45) is 3.03. The fraction of sp³-hybridized carbons (Fsp3) is 0.524. The van der Waals surface area contributed by atoms with E-state index in [0.29, 0.717) is 6.42 Å². The van der Waals surface area contributed by atoms with E-state index in [-0.39, 0.29) is 29.1 Å². The van der Waals surface area contributed by atoms with Crippen molar-refractivity contribution in [3.8, 4) is 5.75 Å². The highest BCUT2D eigenvalue weighted by atomic mass is 16.5. The first-order valence-corrected chi connectivity index (χ1v) is 8.99. The van der Waals surface area contributed by atoms with Crippen LogP contribution in [0.1, 0.15) is 58.7 Å². The molecule has 0 fully saturated rings. The van der Waals surface area contributed by atoms with E-state index in [4.69, 9.17) is 9.47 Å². The first kappa shape index (κ1) is 18.6. The zero-order chi connectivity index (χ0) is 19.3. The summed E-state index contributed by atoms with van der Waals surface area (Å²) in [5.74, 6) is 0.139. The van der Waals surface area contributed by atoms with Gasteiger partial charge in [-0.3, -0.25) is 14.5 Å². The second kappa shape index (κ2) is 6.23. The Morgan fingerprint density at radius 2 is 1.58 bits per heavy atom. The van der Waals surface area contributed by atoms with Gasteiger partial charge in [0, 0.05) is 18.6 Å². The first-order chi connectivity index (χ1) is 11.9. The van der Waals surface area contributed by atoms with Crippen molar-refractivity contribution in [2.45, 2.75) is 71.3 Å². The molecule has 0 spiro atoms. The third-order valence-electron chi connectivity index (χ3n) is 4.26. The zero-order valence-electron chi connectivity index (χ0n) is 16.3. The van der Waals surface area contributed by atoms with Crippen molar-refractivity contribution in [1.82, 2.24) is 4.90 Å². The van der Waals surface area contributed by atoms with Crippen molar-refractivity contribution < 1.29 is 19.1 Å². The number of benzene rings is 1. The molecule has 0 unspecified atom stereocenters. The number of hydrogen-bond donors (Lipinski definition) is 0. The van der Waals surface area contributed by atoms with Crippen LogP contribution in [0.15, 0.2) is 30.4 Å². The fourth-order valence-corrected chi connectivity index (χ4v) is 3.53. The van der Waals surface area contributed by atoms with Gasteiger partial charge in [-0.1, -0.05) is 6.07 Å². The van der Waals surface area contributed by atoms with Gasteiger partial charge in [0.1, 0.15) is 11.4 Å². The van der Waals surface area contributed by atoms with E-state index in [0.717, 1.165) is 16.9 Å². The summed E-state index contributed by atoms with van der Waals surface area (Å²) in [4.78, 5) is 26.0. The normalized spacial score (nSPS) is 22.9. The summed E-state index contributed by atoms with van der Waals surface area (Å²) in [6.45, 7) is 11.9. The van der Waals surface area contributed by atoms with Crippen LogP contribution >= 0.6 is 0 Å². The van der Waals surface area contributed by atoms with E-state index in [1.807, 2.05) is 59.7 Å². The van der Waals surface area contributed by atoms with Crippen LogP contribution in [0.3, 0.4) is 0 Å². The molecule has 0 bridgehead atoms. The highest BCUT2D eigenvalue weighted by Gasteiger charge is 2.44. The first-order valence-electron chi connectivity index (χ1n) is 8.99. The Labute approximate surface area is 155 Å². The summed E-state index contributed by atoms with van der Waals surface area (Å²) in [5, 5.41) is 0. The van der Waals surface area contributed by atoms with Crippen LogP contribution in [-0.2, 0) is 20.7 Å². The number of ether oxygens (including phenoxy) is 2. The number of nitrogens with zero attached hydrogens (tertiary/aromatic N) is 1. The molecule has 0 radical (unpaired) electrons. The van der Waals surface area contributed by atoms with Gasteiger partial charge in [0.05, 0.1) is 17.7 Å². The molecular formula is C21H27NO4. The number of fused-ring (bicyclic) bond motifs is 1. The molecule has 0 saturated heterocycles. The molecule has 2 aliphatic rings. The summed E-state index contributed by atoms with van der Waals surface area (Å²) >= 11 is 0. The van der Waals surface area contributed by atoms with Crippen molar-refractivity contribution in [2.24, 2.45) is 0 Å². The second-order valence-corrected chi connectivity index (χ2v) is 8.87. The number of carbonyl (C=O) groups is 2. The Morgan fingerprint density at radius 1 is 0.962 bits per heavy atom. The van der Waals surface area contributed by atoms with Crippen LogP contribution in [0.5, 0.6) is 5.75 Å². The molecule has 140 valence electrons. The summed E-state index contributed by atoms with van der Waals surface area (Å²) in [5.41, 5.74) is 1.30. The molecule has 0 aromatic heterocycles. The van der Waals surface area contributed by atoms with Gasteiger partial charge in [-0.05, 0) is 64.8 Å². The van der Waals surface area contributed by atoms with E-state index in [1.165, 1.54) is 17.1 Å². The molecule has 5 nitrogen and oxygen atoms in total. The lowest BCUT2D eigenvalue weighted by molar-refractivity contribution is -0.148. The maximum Gasteiger partial charge on any atom is 0.254 e. The number of hydrogen-bond acceptors (Lipinski definition) is 4. The Kier molecular flexibility index (Phi) is 4.47. The highest BCUT2D eigenvalue weighted by Crippen LogP contribution is 2.42. The molecular weight excluding hydrogens is 330 g/mol. The molecule has 1 heterocycles. The smallest absolute Gasteiger partial charge is 0.254 e. The number of imide groups is 1. The van der Waals surface area contributed by atoms with Crippen LogP contribution < -0.4 is 4.74 Å². The van der Waals surface area contributed by atoms with Gasteiger partial charge in [-0.2, -0.15) is 0 Å². The average Bonchev–Trinajstić information content (AvgIpc) is 2.95. The van der Waals surface area contributed by atoms with Crippen LogP contribution in [0, 0.1) is 0 Å². The van der Waals surface area contributed by atoms with E-state index < -0.39 is 6.04 Å². The van der Waals surface area contributed by atoms with Crippen molar-refractivity contribution in [1.29, 1.82) is 0 Å². The molecule has 5 heteroatoms. The topological polar surface area (TPSA) is 55.8 Å². The molecule has 2 amide bonds. The molecule has 0 saturated carbocycles. The van der Waals surface area contributed by atoms with Gasteiger partial charge >= 0.3 is 0 Å². The second-order valence-electron chi connectivity index (χ2n) is 8.87. The van der Waals surface area contributed by atoms with Crippen molar-refractivity contribution in [3.05, 3.63) is 41.5 Å². The molecule has 1 aromatic carbocycles. The number of carbonyl (C=O) groups excluding carboxylic acids is 2. The fourth-order valence-electron chi connectivity index (χ4n) is 3.53. The number of amides is 2. The molecule has 1 aromatic rings. The van der Waals surface area contributed by atoms with Gasteiger partial charge in [-0.25, -0.2) is 0 Å². The molecule has 1 aliphatic heterocycles. The standard InChI is InChI=1S/C21H27NO4/c1-20(2,3)25-14-8-7-13-11-16(26-21(4,5)6)19(15(13)12-14)22-17(23)9-10-18(22)24/h7-10,12,16,19H,11H2,1-6H3/t16-,19-/m0/s1. The van der Waals surface area contributed by atoms with Crippen molar-refractivity contribution in [3.63, 3.8) is 0 Å². The van der Waals surface area contributed by atoms with Crippen molar-refractivity contribution in [2.75, 3.05) is 0 Å². The van der Waals surface area contributed by atoms with E-state index in [9.17, 15) is 9.59 Å². The summed E-state index contributed by atoms with van der Waals surface area (Å²) < 4.78 is 12.2. The van der Waals surface area contributed by atoms with Gasteiger partial charge in [0.15, 0.2) is 0 Å².